The number of benzene rings is 1. The smallest absolute Gasteiger partial charge is 0.301 e. The molecule has 94 valence electrons. The molecule has 7 heteroatoms. The first kappa shape index (κ1) is 12.0. The standard InChI is InChI=1S/C11H9F2N3O2/c1-5-4-18-11(15-5)16-10(17)7-2-6(12)3-8(14)9(7)13/h2-4H,14H2,1H3,(H,15,16,17). The summed E-state index contributed by atoms with van der Waals surface area (Å²) in [5.74, 6) is -2.68. The number of carbonyl (C=O) groups excluding carboxylic acids is 1. The van der Waals surface area contributed by atoms with Gasteiger partial charge in [0.25, 0.3) is 5.91 Å². The average Bonchev–Trinajstić information content (AvgIpc) is 2.69. The largest absolute Gasteiger partial charge is 0.432 e. The summed E-state index contributed by atoms with van der Waals surface area (Å²) in [6, 6.07) is 1.44. The number of nitrogens with zero attached hydrogens (tertiary/aromatic N) is 1. The normalized spacial score (nSPS) is 10.4. The second-order valence-corrected chi connectivity index (χ2v) is 3.60. The Morgan fingerprint density at radius 3 is 2.78 bits per heavy atom. The Hall–Kier alpha value is -2.44. The maximum absolute atomic E-state index is 13.5. The zero-order valence-electron chi connectivity index (χ0n) is 9.33. The van der Waals surface area contributed by atoms with Crippen LogP contribution in [-0.4, -0.2) is 10.9 Å². The molecule has 3 N–H and O–H groups in total. The summed E-state index contributed by atoms with van der Waals surface area (Å²) in [7, 11) is 0. The number of aryl methyl sites for hydroxylation is 1. The van der Waals surface area contributed by atoms with Crippen molar-refractivity contribution in [2.45, 2.75) is 6.92 Å². The van der Waals surface area contributed by atoms with Gasteiger partial charge in [-0.3, -0.25) is 10.1 Å². The van der Waals surface area contributed by atoms with E-state index in [1.165, 1.54) is 6.26 Å². The number of amides is 1. The van der Waals surface area contributed by atoms with Crippen LogP contribution in [0, 0.1) is 18.6 Å². The van der Waals surface area contributed by atoms with Crippen LogP contribution in [0.25, 0.3) is 0 Å². The third-order valence-electron chi connectivity index (χ3n) is 2.15. The monoisotopic (exact) mass is 253 g/mol. The molecule has 0 radical (unpaired) electrons. The zero-order chi connectivity index (χ0) is 13.3. The lowest BCUT2D eigenvalue weighted by Gasteiger charge is -2.05. The van der Waals surface area contributed by atoms with Gasteiger partial charge in [0.1, 0.15) is 12.1 Å². The molecule has 0 fully saturated rings. The number of nitrogens with two attached hydrogens (primary N) is 1. The first-order valence-corrected chi connectivity index (χ1v) is 4.95. The lowest BCUT2D eigenvalue weighted by Crippen LogP contribution is -2.15. The summed E-state index contributed by atoms with van der Waals surface area (Å²) in [5.41, 5.74) is 4.82. The van der Waals surface area contributed by atoms with E-state index in [0.29, 0.717) is 5.69 Å². The van der Waals surface area contributed by atoms with E-state index in [2.05, 4.69) is 10.3 Å². The van der Waals surface area contributed by atoms with Gasteiger partial charge in [-0.15, -0.1) is 0 Å². The highest BCUT2D eigenvalue weighted by Crippen LogP contribution is 2.18. The fourth-order valence-corrected chi connectivity index (χ4v) is 1.35. The molecule has 0 spiro atoms. The molecule has 0 atom stereocenters. The van der Waals surface area contributed by atoms with Crippen molar-refractivity contribution >= 4 is 17.6 Å². The number of oxazole rings is 1. The molecule has 1 heterocycles. The van der Waals surface area contributed by atoms with E-state index in [9.17, 15) is 13.6 Å². The number of anilines is 2. The molecular formula is C11H9F2N3O2. The van der Waals surface area contributed by atoms with Gasteiger partial charge in [0.15, 0.2) is 5.82 Å². The lowest BCUT2D eigenvalue weighted by molar-refractivity contribution is 0.102. The fraction of sp³-hybridized carbons (Fsp3) is 0.0909. The maximum Gasteiger partial charge on any atom is 0.301 e. The SMILES string of the molecule is Cc1coc(NC(=O)c2cc(F)cc(N)c2F)n1. The summed E-state index contributed by atoms with van der Waals surface area (Å²) in [6.07, 6.45) is 1.31. The fourth-order valence-electron chi connectivity index (χ4n) is 1.35. The molecule has 0 aliphatic heterocycles. The molecule has 2 rings (SSSR count). The minimum Gasteiger partial charge on any atom is -0.432 e. The number of nitrogens with one attached hydrogen (secondary N) is 1. The molecule has 1 amide bonds. The van der Waals surface area contributed by atoms with E-state index < -0.39 is 28.8 Å². The first-order valence-electron chi connectivity index (χ1n) is 4.95. The Bertz CT molecular complexity index is 610. The minimum absolute atomic E-state index is 0.0975. The van der Waals surface area contributed by atoms with Crippen molar-refractivity contribution in [1.82, 2.24) is 4.98 Å². The van der Waals surface area contributed by atoms with Crippen LogP contribution in [0.4, 0.5) is 20.5 Å². The van der Waals surface area contributed by atoms with Crippen LogP contribution < -0.4 is 11.1 Å². The minimum atomic E-state index is -0.989. The lowest BCUT2D eigenvalue weighted by atomic mass is 10.1. The number of hydrogen-bond donors (Lipinski definition) is 2. The Balaban J connectivity index is 2.29. The Morgan fingerprint density at radius 1 is 1.44 bits per heavy atom. The number of aromatic nitrogens is 1. The van der Waals surface area contributed by atoms with Crippen molar-refractivity contribution in [1.29, 1.82) is 0 Å². The van der Waals surface area contributed by atoms with Gasteiger partial charge in [0, 0.05) is 0 Å². The zero-order valence-corrected chi connectivity index (χ0v) is 9.33. The third kappa shape index (κ3) is 2.29. The molecule has 2 aromatic rings. The third-order valence-corrected chi connectivity index (χ3v) is 2.15. The Kier molecular flexibility index (Phi) is 2.97. The van der Waals surface area contributed by atoms with Crippen molar-refractivity contribution in [3.8, 4) is 0 Å². The molecule has 5 nitrogen and oxygen atoms in total. The van der Waals surface area contributed by atoms with E-state index >= 15 is 0 Å². The van der Waals surface area contributed by atoms with Gasteiger partial charge in [-0.25, -0.2) is 8.78 Å². The van der Waals surface area contributed by atoms with Gasteiger partial charge in [-0.2, -0.15) is 4.98 Å². The van der Waals surface area contributed by atoms with Crippen LogP contribution in [0.1, 0.15) is 16.1 Å². The van der Waals surface area contributed by atoms with E-state index in [1.54, 1.807) is 6.92 Å². The number of rotatable bonds is 2. The van der Waals surface area contributed by atoms with Gasteiger partial charge in [0.2, 0.25) is 0 Å². The van der Waals surface area contributed by atoms with Crippen LogP contribution in [0.2, 0.25) is 0 Å². The summed E-state index contributed by atoms with van der Waals surface area (Å²) in [5, 5.41) is 2.20. The molecule has 0 saturated heterocycles. The molecule has 1 aromatic heterocycles. The number of halogens is 2. The Morgan fingerprint density at radius 2 is 2.17 bits per heavy atom. The van der Waals surface area contributed by atoms with Crippen molar-refractivity contribution in [2.24, 2.45) is 0 Å². The number of carbonyl (C=O) groups is 1. The van der Waals surface area contributed by atoms with Gasteiger partial charge in [-0.1, -0.05) is 0 Å². The van der Waals surface area contributed by atoms with E-state index in [0.717, 1.165) is 12.1 Å². The van der Waals surface area contributed by atoms with Gasteiger partial charge >= 0.3 is 6.01 Å². The Labute approximate surface area is 101 Å². The predicted molar refractivity (Wildman–Crippen MR) is 60.0 cm³/mol. The quantitative estimate of drug-likeness (QED) is 0.803. The molecule has 0 saturated carbocycles. The molecular weight excluding hydrogens is 244 g/mol. The molecule has 1 aromatic carbocycles. The van der Waals surface area contributed by atoms with Crippen LogP contribution in [-0.2, 0) is 0 Å². The van der Waals surface area contributed by atoms with Crippen LogP contribution in [0.3, 0.4) is 0 Å². The second kappa shape index (κ2) is 4.44. The van der Waals surface area contributed by atoms with Crippen LogP contribution in [0.5, 0.6) is 0 Å². The molecule has 0 aliphatic rings. The highest BCUT2D eigenvalue weighted by atomic mass is 19.1. The number of nitrogen functional groups attached to an aromatic ring is 1. The predicted octanol–water partition coefficient (Wildman–Crippen LogP) is 2.10. The van der Waals surface area contributed by atoms with Crippen molar-refractivity contribution in [3.05, 3.63) is 41.3 Å². The van der Waals surface area contributed by atoms with Crippen molar-refractivity contribution in [3.63, 3.8) is 0 Å². The summed E-state index contributed by atoms with van der Waals surface area (Å²) >= 11 is 0. The molecule has 0 unspecified atom stereocenters. The maximum atomic E-state index is 13.5. The van der Waals surface area contributed by atoms with Gasteiger partial charge < -0.3 is 10.2 Å². The van der Waals surface area contributed by atoms with E-state index in [4.69, 9.17) is 10.2 Å². The first-order chi connectivity index (χ1) is 8.47. The average molecular weight is 253 g/mol. The summed E-state index contributed by atoms with van der Waals surface area (Å²) in [4.78, 5) is 15.5. The highest BCUT2D eigenvalue weighted by Gasteiger charge is 2.17. The van der Waals surface area contributed by atoms with Gasteiger partial charge in [0.05, 0.1) is 16.9 Å². The van der Waals surface area contributed by atoms with Crippen LogP contribution >= 0.6 is 0 Å². The molecule has 0 bridgehead atoms. The summed E-state index contributed by atoms with van der Waals surface area (Å²) < 4.78 is 31.4. The van der Waals surface area contributed by atoms with Crippen molar-refractivity contribution < 1.29 is 18.0 Å². The molecule has 18 heavy (non-hydrogen) atoms. The number of hydrogen-bond acceptors (Lipinski definition) is 4. The van der Waals surface area contributed by atoms with Crippen molar-refractivity contribution in [2.75, 3.05) is 11.1 Å². The van der Waals surface area contributed by atoms with E-state index in [1.807, 2.05) is 0 Å². The van der Waals surface area contributed by atoms with Crippen LogP contribution in [0.15, 0.2) is 22.8 Å². The van der Waals surface area contributed by atoms with E-state index in [-0.39, 0.29) is 6.01 Å². The molecule has 0 aliphatic carbocycles. The highest BCUT2D eigenvalue weighted by molar-refractivity contribution is 6.03. The second-order valence-electron chi connectivity index (χ2n) is 3.60. The van der Waals surface area contributed by atoms with Gasteiger partial charge in [-0.05, 0) is 19.1 Å². The summed E-state index contributed by atoms with van der Waals surface area (Å²) in [6.45, 7) is 1.65. The topological polar surface area (TPSA) is 81.2 Å².